The number of unbranched alkanes of at least 4 members (excludes halogenated alkanes) is 3. The summed E-state index contributed by atoms with van der Waals surface area (Å²) in [5.41, 5.74) is 4.96. The Labute approximate surface area is 240 Å². The van der Waals surface area contributed by atoms with Crippen molar-refractivity contribution < 1.29 is 19.1 Å². The second kappa shape index (κ2) is 13.3. The molecular formula is C32H39N5O4. The minimum Gasteiger partial charge on any atom is -0.482 e. The lowest BCUT2D eigenvalue weighted by Crippen LogP contribution is -2.27. The van der Waals surface area contributed by atoms with Gasteiger partial charge in [-0.2, -0.15) is 0 Å². The van der Waals surface area contributed by atoms with Gasteiger partial charge in [0.2, 0.25) is 5.91 Å². The Morgan fingerprint density at radius 1 is 1.10 bits per heavy atom. The first-order valence-electron chi connectivity index (χ1n) is 14.1. The molecule has 9 heteroatoms. The summed E-state index contributed by atoms with van der Waals surface area (Å²) in [6.45, 7) is 14.2. The fourth-order valence-corrected chi connectivity index (χ4v) is 5.03. The molecule has 0 bridgehead atoms. The van der Waals surface area contributed by atoms with Crippen LogP contribution in [0.5, 0.6) is 5.88 Å². The van der Waals surface area contributed by atoms with E-state index in [-0.39, 0.29) is 18.6 Å². The van der Waals surface area contributed by atoms with Gasteiger partial charge >= 0.3 is 5.97 Å². The Bertz CT molecular complexity index is 1580. The molecular weight excluding hydrogens is 518 g/mol. The molecule has 0 radical (unpaired) electrons. The number of methoxy groups -OCH3 is 1. The molecule has 1 atom stereocenters. The number of hydrogen-bond donors (Lipinski definition) is 1. The highest BCUT2D eigenvalue weighted by atomic mass is 16.5. The van der Waals surface area contributed by atoms with Crippen LogP contribution >= 0.6 is 0 Å². The summed E-state index contributed by atoms with van der Waals surface area (Å²) in [5.74, 6) is 0.0809. The summed E-state index contributed by atoms with van der Waals surface area (Å²) in [5, 5.41) is 4.03. The molecule has 216 valence electrons. The van der Waals surface area contributed by atoms with Crippen molar-refractivity contribution in [1.82, 2.24) is 24.3 Å². The van der Waals surface area contributed by atoms with Crippen molar-refractivity contribution in [2.24, 2.45) is 0 Å². The van der Waals surface area contributed by atoms with Crippen LogP contribution in [-0.4, -0.2) is 44.5 Å². The van der Waals surface area contributed by atoms with Crippen LogP contribution in [0.15, 0.2) is 55.6 Å². The van der Waals surface area contributed by atoms with Crippen molar-refractivity contribution >= 4 is 28.6 Å². The van der Waals surface area contributed by atoms with Gasteiger partial charge in [-0.3, -0.25) is 9.20 Å². The number of rotatable bonds is 14. The van der Waals surface area contributed by atoms with E-state index in [4.69, 9.17) is 19.4 Å². The highest BCUT2D eigenvalue weighted by molar-refractivity contribution is 5.91. The zero-order chi connectivity index (χ0) is 29.5. The number of fused-ring (bicyclic) bond motifs is 2. The molecule has 4 aromatic rings. The highest BCUT2D eigenvalue weighted by Crippen LogP contribution is 2.33. The maximum Gasteiger partial charge on any atom is 0.338 e. The van der Waals surface area contributed by atoms with E-state index in [9.17, 15) is 9.59 Å². The average molecular weight is 558 g/mol. The average Bonchev–Trinajstić information content (AvgIpc) is 3.49. The zero-order valence-corrected chi connectivity index (χ0v) is 24.4. The number of aryl methyl sites for hydroxylation is 1. The lowest BCUT2D eigenvalue weighted by molar-refractivity contribution is -0.121. The molecule has 0 saturated heterocycles. The molecule has 0 aliphatic carbocycles. The maximum atomic E-state index is 12.5. The maximum absolute atomic E-state index is 12.5. The minimum atomic E-state index is -0.429. The number of imidazole rings is 1. The number of allylic oxidation sites excluding steroid dienone is 2. The third-order valence-electron chi connectivity index (χ3n) is 7.09. The van der Waals surface area contributed by atoms with Gasteiger partial charge in [-0.05, 0) is 64.3 Å². The summed E-state index contributed by atoms with van der Waals surface area (Å²) >= 11 is 0. The normalized spacial score (nSPS) is 11.9. The smallest absolute Gasteiger partial charge is 0.338 e. The van der Waals surface area contributed by atoms with E-state index in [0.29, 0.717) is 30.1 Å². The molecule has 0 aliphatic rings. The van der Waals surface area contributed by atoms with Crippen LogP contribution in [0, 0.1) is 6.92 Å². The van der Waals surface area contributed by atoms with Gasteiger partial charge in [0, 0.05) is 24.4 Å². The molecule has 0 aromatic carbocycles. The number of carbonyl (C=O) groups excluding carboxylic acids is 2. The van der Waals surface area contributed by atoms with E-state index in [2.05, 4.69) is 29.1 Å². The fraction of sp³-hybridized carbons (Fsp3) is 0.375. The number of ether oxygens (including phenoxy) is 2. The van der Waals surface area contributed by atoms with Gasteiger partial charge in [0.25, 0.3) is 0 Å². The summed E-state index contributed by atoms with van der Waals surface area (Å²) in [6, 6.07) is 9.15. The van der Waals surface area contributed by atoms with Crippen LogP contribution in [0.1, 0.15) is 73.7 Å². The van der Waals surface area contributed by atoms with Gasteiger partial charge in [-0.15, -0.1) is 13.2 Å². The van der Waals surface area contributed by atoms with Crippen LogP contribution in [-0.2, 0) is 16.1 Å². The first kappa shape index (κ1) is 29.6. The molecule has 0 saturated carbocycles. The van der Waals surface area contributed by atoms with Crippen LogP contribution in [0.2, 0.25) is 0 Å². The van der Waals surface area contributed by atoms with Crippen molar-refractivity contribution in [1.29, 1.82) is 0 Å². The van der Waals surface area contributed by atoms with E-state index < -0.39 is 5.97 Å². The van der Waals surface area contributed by atoms with Crippen molar-refractivity contribution in [3.63, 3.8) is 0 Å². The van der Waals surface area contributed by atoms with Gasteiger partial charge in [-0.1, -0.05) is 18.6 Å². The monoisotopic (exact) mass is 557 g/mol. The Hall–Kier alpha value is -4.40. The molecule has 0 fully saturated rings. The predicted molar refractivity (Wildman–Crippen MR) is 161 cm³/mol. The number of nitrogens with zero attached hydrogens (tertiary/aromatic N) is 4. The quantitative estimate of drug-likeness (QED) is 0.110. The molecule has 4 heterocycles. The second-order valence-corrected chi connectivity index (χ2v) is 10.0. The Morgan fingerprint density at radius 2 is 1.90 bits per heavy atom. The number of esters is 1. The Morgan fingerprint density at radius 3 is 2.61 bits per heavy atom. The SMILES string of the molecule is C=CCCCCCC(=O)N[C@H](C)c1ccc2cc(-c3nc4cc(C(=O)OCC)cc(OC)n4c3C)n(CC=C)c2n1. The third-order valence-corrected chi connectivity index (χ3v) is 7.09. The molecule has 41 heavy (non-hydrogen) atoms. The van der Waals surface area contributed by atoms with Crippen molar-refractivity contribution in [2.75, 3.05) is 13.7 Å². The van der Waals surface area contributed by atoms with E-state index >= 15 is 0 Å². The molecule has 4 aromatic heterocycles. The first-order chi connectivity index (χ1) is 19.8. The van der Waals surface area contributed by atoms with Crippen LogP contribution < -0.4 is 10.1 Å². The highest BCUT2D eigenvalue weighted by Gasteiger charge is 2.22. The summed E-state index contributed by atoms with van der Waals surface area (Å²) in [6.07, 6.45) is 8.12. The lowest BCUT2D eigenvalue weighted by atomic mass is 10.1. The summed E-state index contributed by atoms with van der Waals surface area (Å²) < 4.78 is 14.8. The van der Waals surface area contributed by atoms with Crippen LogP contribution in [0.25, 0.3) is 28.1 Å². The number of pyridine rings is 2. The molecule has 0 spiro atoms. The van der Waals surface area contributed by atoms with Gasteiger partial charge in [0.1, 0.15) is 17.0 Å². The van der Waals surface area contributed by atoms with Gasteiger partial charge in [-0.25, -0.2) is 14.8 Å². The van der Waals surface area contributed by atoms with Crippen molar-refractivity contribution in [3.8, 4) is 17.3 Å². The predicted octanol–water partition coefficient (Wildman–Crippen LogP) is 6.34. The molecule has 0 aliphatic heterocycles. The molecule has 1 amide bonds. The van der Waals surface area contributed by atoms with Gasteiger partial charge in [0.05, 0.1) is 42.4 Å². The van der Waals surface area contributed by atoms with Crippen LogP contribution in [0.4, 0.5) is 0 Å². The van der Waals surface area contributed by atoms with Crippen LogP contribution in [0.3, 0.4) is 0 Å². The first-order valence-corrected chi connectivity index (χ1v) is 14.1. The summed E-state index contributed by atoms with van der Waals surface area (Å²) in [7, 11) is 1.56. The third kappa shape index (κ3) is 6.34. The topological polar surface area (TPSA) is 99.8 Å². The largest absolute Gasteiger partial charge is 0.482 e. The van der Waals surface area contributed by atoms with Crippen molar-refractivity contribution in [2.45, 2.75) is 65.5 Å². The Balaban J connectivity index is 1.69. The van der Waals surface area contributed by atoms with E-state index in [1.54, 1.807) is 26.2 Å². The molecule has 9 nitrogen and oxygen atoms in total. The standard InChI is InChI=1S/C32H39N5O4/c1-7-10-11-12-13-14-28(38)33-21(4)25-16-15-23-18-26(36(17-8-2)31(23)34-25)30-22(5)37-27(35-30)19-24(20-29(37)40-6)32(39)41-9-3/h7-8,15-16,18-21H,1-2,9-14,17H2,3-6H3,(H,33,38)/t21-/m1/s1. The fourth-order valence-electron chi connectivity index (χ4n) is 5.03. The second-order valence-electron chi connectivity index (χ2n) is 10.0. The van der Waals surface area contributed by atoms with Gasteiger partial charge < -0.3 is 19.4 Å². The number of carbonyl (C=O) groups is 2. The number of nitrogens with one attached hydrogen (secondary N) is 1. The number of amides is 1. The molecule has 0 unspecified atom stereocenters. The lowest BCUT2D eigenvalue weighted by Gasteiger charge is -2.14. The van der Waals surface area contributed by atoms with E-state index in [0.717, 1.165) is 59.5 Å². The molecule has 4 rings (SSSR count). The van der Waals surface area contributed by atoms with Gasteiger partial charge in [0.15, 0.2) is 5.88 Å². The number of aromatic nitrogens is 4. The Kier molecular flexibility index (Phi) is 9.60. The van der Waals surface area contributed by atoms with E-state index in [1.807, 2.05) is 42.5 Å². The minimum absolute atomic E-state index is 0.0247. The van der Waals surface area contributed by atoms with E-state index in [1.165, 1.54) is 0 Å². The van der Waals surface area contributed by atoms with Crippen molar-refractivity contribution in [3.05, 3.63) is 72.6 Å². The zero-order valence-electron chi connectivity index (χ0n) is 24.4. The summed E-state index contributed by atoms with van der Waals surface area (Å²) in [4.78, 5) is 34.8. The number of hydrogen-bond acceptors (Lipinski definition) is 6. The molecule has 1 N–H and O–H groups in total.